The minimum Gasteiger partial charge on any atom is -0.322 e. The van der Waals surface area contributed by atoms with Crippen LogP contribution < -0.4 is 5.32 Å². The molecular formula is C19H16ClN3O3S. The lowest BCUT2D eigenvalue weighted by Gasteiger charge is -2.08. The summed E-state index contributed by atoms with van der Waals surface area (Å²) >= 11 is 6.05. The van der Waals surface area contributed by atoms with Gasteiger partial charge in [0.1, 0.15) is 0 Å². The first-order valence-corrected chi connectivity index (χ1v) is 10.2. The molecule has 6 nitrogen and oxygen atoms in total. The molecule has 138 valence electrons. The van der Waals surface area contributed by atoms with Crippen LogP contribution in [-0.2, 0) is 9.84 Å². The summed E-state index contributed by atoms with van der Waals surface area (Å²) in [7, 11) is -3.40. The molecule has 1 heterocycles. The van der Waals surface area contributed by atoms with Crippen molar-refractivity contribution in [3.05, 3.63) is 71.2 Å². The van der Waals surface area contributed by atoms with Crippen LogP contribution in [0.15, 0.2) is 65.7 Å². The zero-order valence-electron chi connectivity index (χ0n) is 14.4. The van der Waals surface area contributed by atoms with Gasteiger partial charge in [0.05, 0.1) is 22.0 Å². The third kappa shape index (κ3) is 4.32. The SMILES string of the molecule is CCS(=O)(=O)c1ccc(-c2cccc(NC(=O)c3ccccc3Cl)c2)nn1. The summed E-state index contributed by atoms with van der Waals surface area (Å²) in [4.78, 5) is 12.4. The Labute approximate surface area is 162 Å². The van der Waals surface area contributed by atoms with E-state index >= 15 is 0 Å². The van der Waals surface area contributed by atoms with E-state index in [2.05, 4.69) is 15.5 Å². The number of benzene rings is 2. The maximum absolute atomic E-state index is 12.4. The lowest BCUT2D eigenvalue weighted by molar-refractivity contribution is 0.102. The lowest BCUT2D eigenvalue weighted by Crippen LogP contribution is -2.12. The number of hydrogen-bond donors (Lipinski definition) is 1. The Bertz CT molecular complexity index is 1080. The van der Waals surface area contributed by atoms with Crippen molar-refractivity contribution in [2.24, 2.45) is 0 Å². The molecule has 2 aromatic carbocycles. The van der Waals surface area contributed by atoms with Gasteiger partial charge in [-0.1, -0.05) is 42.8 Å². The molecule has 8 heteroatoms. The molecule has 0 spiro atoms. The lowest BCUT2D eigenvalue weighted by atomic mass is 10.1. The second kappa shape index (κ2) is 7.85. The number of nitrogens with one attached hydrogen (secondary N) is 1. The van der Waals surface area contributed by atoms with Crippen LogP contribution in [-0.4, -0.2) is 30.3 Å². The zero-order valence-corrected chi connectivity index (χ0v) is 16.0. The van der Waals surface area contributed by atoms with Crippen molar-refractivity contribution in [3.8, 4) is 11.3 Å². The standard InChI is InChI=1S/C19H16ClN3O3S/c1-2-27(25,26)18-11-10-17(22-23-18)13-6-5-7-14(12-13)21-19(24)15-8-3-4-9-16(15)20/h3-12H,2H2,1H3,(H,21,24). The first-order chi connectivity index (χ1) is 12.9. The third-order valence-electron chi connectivity index (χ3n) is 3.87. The smallest absolute Gasteiger partial charge is 0.257 e. The van der Waals surface area contributed by atoms with Crippen LogP contribution >= 0.6 is 11.6 Å². The molecule has 1 amide bonds. The van der Waals surface area contributed by atoms with Gasteiger partial charge in [0, 0.05) is 11.3 Å². The largest absolute Gasteiger partial charge is 0.322 e. The van der Waals surface area contributed by atoms with Crippen molar-refractivity contribution >= 4 is 33.0 Å². The van der Waals surface area contributed by atoms with E-state index < -0.39 is 9.84 Å². The fourth-order valence-corrected chi connectivity index (χ4v) is 3.35. The maximum atomic E-state index is 12.4. The first-order valence-electron chi connectivity index (χ1n) is 8.13. The number of anilines is 1. The van der Waals surface area contributed by atoms with Gasteiger partial charge in [0.2, 0.25) is 0 Å². The summed E-state index contributed by atoms with van der Waals surface area (Å²) in [5, 5.41) is 10.9. The molecule has 0 saturated heterocycles. The van der Waals surface area contributed by atoms with E-state index in [9.17, 15) is 13.2 Å². The highest BCUT2D eigenvalue weighted by Gasteiger charge is 2.14. The van der Waals surface area contributed by atoms with Gasteiger partial charge in [0.25, 0.3) is 5.91 Å². The summed E-state index contributed by atoms with van der Waals surface area (Å²) in [6, 6.07) is 16.8. The average molecular weight is 402 g/mol. The van der Waals surface area contributed by atoms with E-state index in [4.69, 9.17) is 11.6 Å². The maximum Gasteiger partial charge on any atom is 0.257 e. The number of nitrogens with zero attached hydrogens (tertiary/aromatic N) is 2. The Morgan fingerprint density at radius 3 is 2.48 bits per heavy atom. The van der Waals surface area contributed by atoms with Gasteiger partial charge < -0.3 is 5.32 Å². The number of aromatic nitrogens is 2. The number of carbonyl (C=O) groups excluding carboxylic acids is 1. The first kappa shape index (κ1) is 19.0. The van der Waals surface area contributed by atoms with Gasteiger partial charge in [-0.3, -0.25) is 4.79 Å². The molecule has 0 saturated carbocycles. The van der Waals surface area contributed by atoms with E-state index in [0.29, 0.717) is 27.5 Å². The van der Waals surface area contributed by atoms with Gasteiger partial charge in [0.15, 0.2) is 14.9 Å². The average Bonchev–Trinajstić information content (AvgIpc) is 2.68. The van der Waals surface area contributed by atoms with Crippen LogP contribution in [0.3, 0.4) is 0 Å². The molecule has 0 aliphatic rings. The molecule has 3 rings (SSSR count). The van der Waals surface area contributed by atoms with E-state index in [-0.39, 0.29) is 16.7 Å². The number of carbonyl (C=O) groups is 1. The van der Waals surface area contributed by atoms with Crippen LogP contribution in [0.25, 0.3) is 11.3 Å². The monoisotopic (exact) mass is 401 g/mol. The van der Waals surface area contributed by atoms with Gasteiger partial charge in [-0.15, -0.1) is 10.2 Å². The number of halogens is 1. The van der Waals surface area contributed by atoms with E-state index in [1.165, 1.54) is 6.07 Å². The number of sulfone groups is 1. The minimum absolute atomic E-state index is 0.0371. The molecule has 0 aliphatic heterocycles. The fourth-order valence-electron chi connectivity index (χ4n) is 2.39. The fraction of sp³-hybridized carbons (Fsp3) is 0.105. The van der Waals surface area contributed by atoms with E-state index in [1.54, 1.807) is 61.5 Å². The molecule has 0 radical (unpaired) electrons. The normalized spacial score (nSPS) is 11.2. The van der Waals surface area contributed by atoms with Gasteiger partial charge in [-0.25, -0.2) is 8.42 Å². The topological polar surface area (TPSA) is 89.0 Å². The Hall–Kier alpha value is -2.77. The number of hydrogen-bond acceptors (Lipinski definition) is 5. The predicted octanol–water partition coefficient (Wildman–Crippen LogP) is 3.84. The van der Waals surface area contributed by atoms with Crippen LogP contribution in [0.5, 0.6) is 0 Å². The Morgan fingerprint density at radius 1 is 1.04 bits per heavy atom. The molecular weight excluding hydrogens is 386 g/mol. The Morgan fingerprint density at radius 2 is 1.81 bits per heavy atom. The van der Waals surface area contributed by atoms with Gasteiger partial charge >= 0.3 is 0 Å². The van der Waals surface area contributed by atoms with Crippen molar-refractivity contribution in [1.82, 2.24) is 10.2 Å². The Kier molecular flexibility index (Phi) is 5.53. The number of amides is 1. The van der Waals surface area contributed by atoms with Crippen LogP contribution in [0.1, 0.15) is 17.3 Å². The van der Waals surface area contributed by atoms with E-state index in [1.807, 2.05) is 0 Å². The van der Waals surface area contributed by atoms with Crippen molar-refractivity contribution < 1.29 is 13.2 Å². The third-order valence-corrected chi connectivity index (χ3v) is 5.82. The van der Waals surface area contributed by atoms with Gasteiger partial charge in [-0.05, 0) is 36.4 Å². The second-order valence-corrected chi connectivity index (χ2v) is 8.31. The summed E-state index contributed by atoms with van der Waals surface area (Å²) in [6.45, 7) is 1.55. The highest BCUT2D eigenvalue weighted by Crippen LogP contribution is 2.23. The highest BCUT2D eigenvalue weighted by molar-refractivity contribution is 7.91. The molecule has 0 fully saturated rings. The van der Waals surface area contributed by atoms with Crippen LogP contribution in [0, 0.1) is 0 Å². The number of rotatable bonds is 5. The van der Waals surface area contributed by atoms with Crippen molar-refractivity contribution in [2.45, 2.75) is 11.9 Å². The predicted molar refractivity (Wildman–Crippen MR) is 105 cm³/mol. The second-order valence-electron chi connectivity index (χ2n) is 5.68. The molecule has 0 atom stereocenters. The molecule has 1 aromatic heterocycles. The summed E-state index contributed by atoms with van der Waals surface area (Å²) in [5.41, 5.74) is 2.13. The van der Waals surface area contributed by atoms with Crippen molar-refractivity contribution in [2.75, 3.05) is 11.1 Å². The molecule has 0 bridgehead atoms. The minimum atomic E-state index is -3.40. The van der Waals surface area contributed by atoms with Crippen LogP contribution in [0.2, 0.25) is 5.02 Å². The van der Waals surface area contributed by atoms with Crippen molar-refractivity contribution in [3.63, 3.8) is 0 Å². The van der Waals surface area contributed by atoms with Crippen LogP contribution in [0.4, 0.5) is 5.69 Å². The quantitative estimate of drug-likeness (QED) is 0.701. The molecule has 3 aromatic rings. The molecule has 0 aliphatic carbocycles. The molecule has 0 unspecified atom stereocenters. The molecule has 27 heavy (non-hydrogen) atoms. The molecule has 1 N–H and O–H groups in total. The van der Waals surface area contributed by atoms with E-state index in [0.717, 1.165) is 0 Å². The van der Waals surface area contributed by atoms with Crippen molar-refractivity contribution in [1.29, 1.82) is 0 Å². The summed E-state index contributed by atoms with van der Waals surface area (Å²) in [6.07, 6.45) is 0. The summed E-state index contributed by atoms with van der Waals surface area (Å²) in [5.74, 6) is -0.363. The highest BCUT2D eigenvalue weighted by atomic mass is 35.5. The summed E-state index contributed by atoms with van der Waals surface area (Å²) < 4.78 is 23.7. The Balaban J connectivity index is 1.84. The van der Waals surface area contributed by atoms with Gasteiger partial charge in [-0.2, -0.15) is 0 Å². The zero-order chi connectivity index (χ0) is 19.4.